The molecule has 1 aliphatic rings. The zero-order valence-corrected chi connectivity index (χ0v) is 23.8. The Morgan fingerprint density at radius 1 is 1.07 bits per heavy atom. The molecule has 7 nitrogen and oxygen atoms in total. The highest BCUT2D eigenvalue weighted by Gasteiger charge is 2.42. The Morgan fingerprint density at radius 2 is 1.72 bits per heavy atom. The van der Waals surface area contributed by atoms with Crippen LogP contribution in [0.3, 0.4) is 0 Å². The number of carbonyl (C=O) groups excluding carboxylic acids is 2. The van der Waals surface area contributed by atoms with E-state index in [1.165, 1.54) is 26.8 Å². The Morgan fingerprint density at radius 3 is 2.33 bits per heavy atom. The van der Waals surface area contributed by atoms with Gasteiger partial charge >= 0.3 is 12.1 Å². The Balaban J connectivity index is 1.67. The Kier molecular flexibility index (Phi) is 9.60. The lowest BCUT2D eigenvalue weighted by Gasteiger charge is -2.33. The number of hydrogen-bond acceptors (Lipinski definition) is 5. The zero-order chi connectivity index (χ0) is 31.5. The summed E-state index contributed by atoms with van der Waals surface area (Å²) in [5.74, 6) is -8.30. The first-order valence-electron chi connectivity index (χ1n) is 13.8. The molecule has 0 saturated heterocycles. The molecule has 1 aromatic heterocycles. The van der Waals surface area contributed by atoms with Crippen LogP contribution < -0.4 is 5.32 Å². The van der Waals surface area contributed by atoms with Crippen LogP contribution in [0.25, 0.3) is 11.0 Å². The van der Waals surface area contributed by atoms with Gasteiger partial charge < -0.3 is 19.8 Å². The second-order valence-electron chi connectivity index (χ2n) is 11.7. The number of hydrogen-bond donors (Lipinski definition) is 2. The molecule has 0 bridgehead atoms. The molecule has 234 valence electrons. The quantitative estimate of drug-likeness (QED) is 0.192. The average Bonchev–Trinajstić information content (AvgIpc) is 3.37. The number of carbonyl (C=O) groups is 2. The number of nitrogens with zero attached hydrogens (tertiary/aromatic N) is 1. The van der Waals surface area contributed by atoms with Crippen LogP contribution >= 0.6 is 0 Å². The molecule has 1 aliphatic carbocycles. The number of rotatable bonds is 9. The molecule has 3 atom stereocenters. The number of halogens is 6. The Hall–Kier alpha value is -3.77. The summed E-state index contributed by atoms with van der Waals surface area (Å²) in [5, 5.41) is 2.64. The monoisotopic (exact) mass is 613 g/mol. The van der Waals surface area contributed by atoms with Crippen LogP contribution in [0, 0.1) is 11.7 Å². The number of nitrogens with one attached hydrogen (secondary N) is 2. The summed E-state index contributed by atoms with van der Waals surface area (Å²) in [4.78, 5) is 32.6. The van der Waals surface area contributed by atoms with E-state index in [1.54, 1.807) is 30.3 Å². The van der Waals surface area contributed by atoms with Gasteiger partial charge in [0.1, 0.15) is 29.5 Å². The molecule has 0 spiro atoms. The normalized spacial score (nSPS) is 17.8. The van der Waals surface area contributed by atoms with Crippen LogP contribution in [0.15, 0.2) is 42.5 Å². The van der Waals surface area contributed by atoms with Gasteiger partial charge in [-0.05, 0) is 51.2 Å². The standard InChI is InChI=1S/C30H33F6N3O4/c1-29(2,3)43-27(40)20(22(32)25(33)34)18-9-10-19-24(21(18)31)38-26(37-19)23(17-11-13-30(35,36)14-12-17)39-28(41)42-15-16-7-5-4-6-8-16/h4-10,17,20,22-23,25H,11-15H2,1-3H3,(H,37,38)(H,39,41)/t20?,22?,23-/m0/s1. The Bertz CT molecular complexity index is 1420. The van der Waals surface area contributed by atoms with E-state index in [-0.39, 0.29) is 30.8 Å². The maximum absolute atomic E-state index is 15.8. The van der Waals surface area contributed by atoms with Gasteiger partial charge in [-0.25, -0.2) is 36.1 Å². The number of fused-ring (bicyclic) bond motifs is 1. The van der Waals surface area contributed by atoms with E-state index in [4.69, 9.17) is 9.47 Å². The lowest BCUT2D eigenvalue weighted by Crippen LogP contribution is -2.38. The van der Waals surface area contributed by atoms with Gasteiger partial charge in [0.05, 0.1) is 11.6 Å². The molecule has 2 aromatic carbocycles. The maximum atomic E-state index is 15.8. The molecule has 2 unspecified atom stereocenters. The van der Waals surface area contributed by atoms with Gasteiger partial charge in [-0.3, -0.25) is 4.79 Å². The van der Waals surface area contributed by atoms with E-state index in [1.807, 2.05) is 0 Å². The Labute approximate surface area is 244 Å². The molecule has 1 fully saturated rings. The molecule has 0 aliphatic heterocycles. The number of imidazole rings is 1. The van der Waals surface area contributed by atoms with Crippen molar-refractivity contribution in [2.45, 2.75) is 89.1 Å². The molecular formula is C30H33F6N3O4. The van der Waals surface area contributed by atoms with Gasteiger partial charge in [0, 0.05) is 18.4 Å². The lowest BCUT2D eigenvalue weighted by atomic mass is 9.82. The molecule has 1 amide bonds. The molecule has 13 heteroatoms. The average molecular weight is 614 g/mol. The summed E-state index contributed by atoms with van der Waals surface area (Å²) >= 11 is 0. The summed E-state index contributed by atoms with van der Waals surface area (Å²) in [6.45, 7) is 4.30. The van der Waals surface area contributed by atoms with Crippen molar-refractivity contribution in [1.29, 1.82) is 0 Å². The predicted molar refractivity (Wildman–Crippen MR) is 145 cm³/mol. The van der Waals surface area contributed by atoms with Crippen molar-refractivity contribution in [3.63, 3.8) is 0 Å². The van der Waals surface area contributed by atoms with Crippen molar-refractivity contribution < 1.29 is 45.4 Å². The maximum Gasteiger partial charge on any atom is 0.408 e. The van der Waals surface area contributed by atoms with Crippen molar-refractivity contribution in [3.05, 3.63) is 65.2 Å². The van der Waals surface area contributed by atoms with Crippen LogP contribution in [0.1, 0.15) is 75.4 Å². The minimum absolute atomic E-state index is 0.00240. The number of benzene rings is 2. The minimum Gasteiger partial charge on any atom is -0.459 e. The first kappa shape index (κ1) is 32.2. The third kappa shape index (κ3) is 7.99. The zero-order valence-electron chi connectivity index (χ0n) is 23.8. The second-order valence-corrected chi connectivity index (χ2v) is 11.7. The molecule has 1 heterocycles. The third-order valence-corrected chi connectivity index (χ3v) is 7.21. The van der Waals surface area contributed by atoms with E-state index in [0.717, 1.165) is 6.07 Å². The number of aromatic nitrogens is 2. The van der Waals surface area contributed by atoms with E-state index in [9.17, 15) is 31.5 Å². The lowest BCUT2D eigenvalue weighted by molar-refractivity contribution is -0.160. The molecule has 3 aromatic rings. The number of ether oxygens (including phenoxy) is 2. The van der Waals surface area contributed by atoms with Gasteiger partial charge in [0.25, 0.3) is 6.43 Å². The summed E-state index contributed by atoms with van der Waals surface area (Å²) in [7, 11) is 0. The van der Waals surface area contributed by atoms with Crippen molar-refractivity contribution in [3.8, 4) is 0 Å². The van der Waals surface area contributed by atoms with E-state index in [0.29, 0.717) is 5.56 Å². The molecule has 2 N–H and O–H groups in total. The highest BCUT2D eigenvalue weighted by molar-refractivity contribution is 5.83. The molecule has 4 rings (SSSR count). The topological polar surface area (TPSA) is 93.3 Å². The molecule has 0 radical (unpaired) electrons. The van der Waals surface area contributed by atoms with Crippen LogP contribution in [0.4, 0.5) is 31.1 Å². The number of alkyl carbamates (subject to hydrolysis) is 1. The van der Waals surface area contributed by atoms with E-state index in [2.05, 4.69) is 15.3 Å². The van der Waals surface area contributed by atoms with Gasteiger partial charge in [-0.1, -0.05) is 36.4 Å². The van der Waals surface area contributed by atoms with Crippen molar-refractivity contribution in [2.75, 3.05) is 0 Å². The van der Waals surface area contributed by atoms with Crippen LogP contribution in [0.2, 0.25) is 0 Å². The summed E-state index contributed by atoms with van der Waals surface area (Å²) < 4.78 is 95.6. The number of H-pyrrole nitrogens is 1. The fourth-order valence-corrected chi connectivity index (χ4v) is 5.10. The van der Waals surface area contributed by atoms with Crippen molar-refractivity contribution in [1.82, 2.24) is 15.3 Å². The number of aromatic amines is 1. The summed E-state index contributed by atoms with van der Waals surface area (Å²) in [5.41, 5.74) is -1.50. The second kappa shape index (κ2) is 12.8. The van der Waals surface area contributed by atoms with Gasteiger partial charge in [0.2, 0.25) is 5.92 Å². The first-order chi connectivity index (χ1) is 20.1. The van der Waals surface area contributed by atoms with Crippen molar-refractivity contribution in [2.24, 2.45) is 5.92 Å². The smallest absolute Gasteiger partial charge is 0.408 e. The highest BCUT2D eigenvalue weighted by atomic mass is 19.3. The largest absolute Gasteiger partial charge is 0.459 e. The number of esters is 1. The first-order valence-corrected chi connectivity index (χ1v) is 13.8. The van der Waals surface area contributed by atoms with E-state index < -0.39 is 83.8 Å². The van der Waals surface area contributed by atoms with Crippen LogP contribution in [-0.4, -0.2) is 46.2 Å². The summed E-state index contributed by atoms with van der Waals surface area (Å²) in [6, 6.07) is 10.0. The van der Waals surface area contributed by atoms with Crippen molar-refractivity contribution >= 4 is 23.1 Å². The van der Waals surface area contributed by atoms with Gasteiger partial charge in [-0.2, -0.15) is 0 Å². The number of amides is 1. The van der Waals surface area contributed by atoms with E-state index >= 15 is 4.39 Å². The van der Waals surface area contributed by atoms with Crippen LogP contribution in [0.5, 0.6) is 0 Å². The molecule has 1 saturated carbocycles. The minimum atomic E-state index is -3.61. The molecule has 43 heavy (non-hydrogen) atoms. The third-order valence-electron chi connectivity index (χ3n) is 7.21. The fourth-order valence-electron chi connectivity index (χ4n) is 5.10. The summed E-state index contributed by atoms with van der Waals surface area (Å²) in [6.07, 6.45) is -8.39. The fraction of sp³-hybridized carbons (Fsp3) is 0.500. The van der Waals surface area contributed by atoms with Crippen LogP contribution in [-0.2, 0) is 20.9 Å². The molecular weight excluding hydrogens is 580 g/mol. The highest BCUT2D eigenvalue weighted by Crippen LogP contribution is 2.42. The SMILES string of the molecule is CC(C)(C)OC(=O)C(c1ccc2[nH]c([C@@H](NC(=O)OCc3ccccc3)C3CCC(F)(F)CC3)nc2c1F)C(F)C(F)F. The van der Waals surface area contributed by atoms with Gasteiger partial charge in [0.15, 0.2) is 12.0 Å². The van der Waals surface area contributed by atoms with Gasteiger partial charge in [-0.15, -0.1) is 0 Å². The number of alkyl halides is 5. The predicted octanol–water partition coefficient (Wildman–Crippen LogP) is 7.52.